The van der Waals surface area contributed by atoms with Crippen molar-refractivity contribution in [1.29, 1.82) is 0 Å². The molecule has 0 aliphatic carbocycles. The van der Waals surface area contributed by atoms with Gasteiger partial charge in [-0.3, -0.25) is 0 Å². The molecule has 1 aromatic carbocycles. The first kappa shape index (κ1) is 16.5. The maximum absolute atomic E-state index is 13.9. The SMILES string of the molecule is CCNC(Cc1cc(Cl)ccc1F)C1SCCSC1C. The van der Waals surface area contributed by atoms with Crippen LogP contribution in [0.1, 0.15) is 19.4 Å². The highest BCUT2D eigenvalue weighted by Crippen LogP contribution is 2.34. The minimum Gasteiger partial charge on any atom is -0.313 e. The molecule has 1 nitrogen and oxygen atoms in total. The van der Waals surface area contributed by atoms with E-state index in [1.807, 2.05) is 23.5 Å². The third-order valence-corrected chi connectivity index (χ3v) is 7.03. The van der Waals surface area contributed by atoms with Crippen LogP contribution in [0.25, 0.3) is 0 Å². The van der Waals surface area contributed by atoms with Crippen LogP contribution < -0.4 is 5.32 Å². The molecule has 1 heterocycles. The van der Waals surface area contributed by atoms with E-state index in [-0.39, 0.29) is 5.82 Å². The standard InChI is InChI=1S/C15H21ClFNS2/c1-3-18-14(15-10(2)19-6-7-20-15)9-11-8-12(16)4-5-13(11)17/h4-5,8,10,14-15,18H,3,6-7,9H2,1-2H3. The van der Waals surface area contributed by atoms with Gasteiger partial charge in [0, 0.05) is 33.1 Å². The van der Waals surface area contributed by atoms with Crippen molar-refractivity contribution in [3.8, 4) is 0 Å². The first-order chi connectivity index (χ1) is 9.61. The van der Waals surface area contributed by atoms with Crippen LogP contribution in [-0.4, -0.2) is 34.6 Å². The molecule has 3 unspecified atom stereocenters. The molecule has 1 aliphatic heterocycles. The van der Waals surface area contributed by atoms with E-state index < -0.39 is 0 Å². The number of likely N-dealkylation sites (N-methyl/N-ethyl adjacent to an activating group) is 1. The van der Waals surface area contributed by atoms with Gasteiger partial charge in [-0.2, -0.15) is 23.5 Å². The van der Waals surface area contributed by atoms with Crippen molar-refractivity contribution in [2.24, 2.45) is 0 Å². The summed E-state index contributed by atoms with van der Waals surface area (Å²) in [7, 11) is 0. The van der Waals surface area contributed by atoms with Crippen LogP contribution in [0, 0.1) is 5.82 Å². The number of thioether (sulfide) groups is 2. The molecule has 5 heteroatoms. The molecule has 0 spiro atoms. The highest BCUT2D eigenvalue weighted by atomic mass is 35.5. The quantitative estimate of drug-likeness (QED) is 0.865. The minimum atomic E-state index is -0.154. The van der Waals surface area contributed by atoms with Crippen LogP contribution in [0.3, 0.4) is 0 Å². The third-order valence-electron chi connectivity index (χ3n) is 3.55. The Labute approximate surface area is 134 Å². The molecule has 1 N–H and O–H groups in total. The summed E-state index contributed by atoms with van der Waals surface area (Å²) in [6.07, 6.45) is 0.697. The zero-order chi connectivity index (χ0) is 14.5. The summed E-state index contributed by atoms with van der Waals surface area (Å²) in [6, 6.07) is 5.12. The number of halogens is 2. The van der Waals surface area contributed by atoms with E-state index in [4.69, 9.17) is 11.6 Å². The molecule has 0 radical (unpaired) electrons. The largest absolute Gasteiger partial charge is 0.313 e. The summed E-state index contributed by atoms with van der Waals surface area (Å²) in [5.41, 5.74) is 0.715. The Morgan fingerprint density at radius 2 is 2.15 bits per heavy atom. The van der Waals surface area contributed by atoms with Gasteiger partial charge in [0.25, 0.3) is 0 Å². The lowest BCUT2D eigenvalue weighted by Crippen LogP contribution is -2.45. The Balaban J connectivity index is 2.13. The number of rotatable bonds is 5. The molecule has 112 valence electrons. The minimum absolute atomic E-state index is 0.154. The topological polar surface area (TPSA) is 12.0 Å². The first-order valence-electron chi connectivity index (χ1n) is 7.02. The Morgan fingerprint density at radius 3 is 2.85 bits per heavy atom. The summed E-state index contributed by atoms with van der Waals surface area (Å²) in [4.78, 5) is 0. The molecule has 0 saturated carbocycles. The molecule has 0 aromatic heterocycles. The van der Waals surface area contributed by atoms with Crippen molar-refractivity contribution in [3.63, 3.8) is 0 Å². The van der Waals surface area contributed by atoms with Crippen LogP contribution in [0.5, 0.6) is 0 Å². The highest BCUT2D eigenvalue weighted by molar-refractivity contribution is 8.07. The Bertz CT molecular complexity index is 444. The molecule has 1 aromatic rings. The van der Waals surface area contributed by atoms with Crippen LogP contribution in [-0.2, 0) is 6.42 Å². The maximum Gasteiger partial charge on any atom is 0.126 e. The van der Waals surface area contributed by atoms with E-state index in [1.165, 1.54) is 17.6 Å². The second-order valence-corrected chi connectivity index (χ2v) is 8.22. The van der Waals surface area contributed by atoms with Crippen molar-refractivity contribution in [1.82, 2.24) is 5.32 Å². The monoisotopic (exact) mass is 333 g/mol. The molecule has 1 aliphatic rings. The van der Waals surface area contributed by atoms with E-state index in [1.54, 1.807) is 12.1 Å². The average Bonchev–Trinajstić information content (AvgIpc) is 2.43. The molecule has 0 amide bonds. The predicted octanol–water partition coefficient (Wildman–Crippen LogP) is 4.24. The van der Waals surface area contributed by atoms with Gasteiger partial charge in [0.05, 0.1) is 0 Å². The van der Waals surface area contributed by atoms with Crippen molar-refractivity contribution in [3.05, 3.63) is 34.6 Å². The Kier molecular flexibility index (Phi) is 6.53. The summed E-state index contributed by atoms with van der Waals surface area (Å²) in [6.45, 7) is 5.29. The molecule has 0 bridgehead atoms. The zero-order valence-corrected chi connectivity index (χ0v) is 14.3. The summed E-state index contributed by atoms with van der Waals surface area (Å²) in [5, 5.41) is 5.26. The highest BCUT2D eigenvalue weighted by Gasteiger charge is 2.30. The van der Waals surface area contributed by atoms with Crippen LogP contribution in [0.2, 0.25) is 5.02 Å². The van der Waals surface area contributed by atoms with E-state index in [0.717, 1.165) is 6.54 Å². The van der Waals surface area contributed by atoms with Crippen LogP contribution in [0.15, 0.2) is 18.2 Å². The Morgan fingerprint density at radius 1 is 1.40 bits per heavy atom. The van der Waals surface area contributed by atoms with Gasteiger partial charge < -0.3 is 5.32 Å². The normalized spacial score (nSPS) is 24.6. The fraction of sp³-hybridized carbons (Fsp3) is 0.600. The third kappa shape index (κ3) is 4.30. The second kappa shape index (κ2) is 7.92. The van der Waals surface area contributed by atoms with E-state index in [0.29, 0.717) is 33.5 Å². The average molecular weight is 334 g/mol. The molecule has 1 fully saturated rings. The number of benzene rings is 1. The fourth-order valence-electron chi connectivity index (χ4n) is 2.60. The fourth-order valence-corrected chi connectivity index (χ4v) is 5.75. The van der Waals surface area contributed by atoms with Crippen molar-refractivity contribution < 1.29 is 4.39 Å². The lowest BCUT2D eigenvalue weighted by Gasteiger charge is -2.35. The first-order valence-corrected chi connectivity index (χ1v) is 9.50. The van der Waals surface area contributed by atoms with Gasteiger partial charge in [-0.1, -0.05) is 25.4 Å². The van der Waals surface area contributed by atoms with Gasteiger partial charge in [-0.05, 0) is 36.7 Å². The summed E-state index contributed by atoms with van der Waals surface area (Å²) < 4.78 is 13.9. The Hall–Kier alpha value is 0.1000. The number of hydrogen-bond acceptors (Lipinski definition) is 3. The lowest BCUT2D eigenvalue weighted by atomic mass is 10.0. The van der Waals surface area contributed by atoms with Gasteiger partial charge >= 0.3 is 0 Å². The molecule has 2 rings (SSSR count). The van der Waals surface area contributed by atoms with Gasteiger partial charge in [-0.15, -0.1) is 0 Å². The van der Waals surface area contributed by atoms with E-state index >= 15 is 0 Å². The molecule has 1 saturated heterocycles. The van der Waals surface area contributed by atoms with Crippen LogP contribution in [0.4, 0.5) is 4.39 Å². The van der Waals surface area contributed by atoms with Crippen molar-refractivity contribution >= 4 is 35.1 Å². The molecule has 20 heavy (non-hydrogen) atoms. The van der Waals surface area contributed by atoms with Gasteiger partial charge in [-0.25, -0.2) is 4.39 Å². The molecule has 3 atom stereocenters. The summed E-state index contributed by atoms with van der Waals surface area (Å²) >= 11 is 10.0. The molecular formula is C15H21ClFNS2. The second-order valence-electron chi connectivity index (χ2n) is 5.02. The number of nitrogens with one attached hydrogen (secondary N) is 1. The van der Waals surface area contributed by atoms with Crippen LogP contribution >= 0.6 is 35.1 Å². The predicted molar refractivity (Wildman–Crippen MR) is 90.7 cm³/mol. The van der Waals surface area contributed by atoms with E-state index in [2.05, 4.69) is 19.2 Å². The zero-order valence-electron chi connectivity index (χ0n) is 11.9. The van der Waals surface area contributed by atoms with Gasteiger partial charge in [0.1, 0.15) is 5.82 Å². The number of hydrogen-bond donors (Lipinski definition) is 1. The van der Waals surface area contributed by atoms with Gasteiger partial charge in [0.2, 0.25) is 0 Å². The van der Waals surface area contributed by atoms with E-state index in [9.17, 15) is 4.39 Å². The van der Waals surface area contributed by atoms with Crippen molar-refractivity contribution in [2.45, 2.75) is 36.8 Å². The van der Waals surface area contributed by atoms with Crippen molar-refractivity contribution in [2.75, 3.05) is 18.1 Å². The smallest absolute Gasteiger partial charge is 0.126 e. The maximum atomic E-state index is 13.9. The summed E-state index contributed by atoms with van der Waals surface area (Å²) in [5.74, 6) is 2.24. The molecular weight excluding hydrogens is 313 g/mol. The van der Waals surface area contributed by atoms with Gasteiger partial charge in [0.15, 0.2) is 0 Å². The lowest BCUT2D eigenvalue weighted by molar-refractivity contribution is 0.488.